The number of carbonyl (C=O) groups is 2. The maximum atomic E-state index is 12.0. The van der Waals surface area contributed by atoms with Gasteiger partial charge >= 0.3 is 5.97 Å². The maximum Gasteiger partial charge on any atom is 0.329 e. The Balaban J connectivity index is 2.15. The number of nitrogens with zero attached hydrogens (tertiary/aromatic N) is 2. The normalized spacial score (nSPS) is 17.7. The number of halogens is 1. The Morgan fingerprint density at radius 1 is 1.21 bits per heavy atom. The van der Waals surface area contributed by atoms with Crippen LogP contribution in [-0.2, 0) is 4.79 Å². The molecule has 1 saturated carbocycles. The highest BCUT2D eigenvalue weighted by molar-refractivity contribution is 6.29. The number of carboxylic acid groups (broad SMARTS) is 1. The summed E-state index contributed by atoms with van der Waals surface area (Å²) in [6.45, 7) is 0. The molecule has 19 heavy (non-hydrogen) atoms. The lowest BCUT2D eigenvalue weighted by Crippen LogP contribution is -2.55. The minimum Gasteiger partial charge on any atom is -0.480 e. The zero-order valence-corrected chi connectivity index (χ0v) is 11.0. The van der Waals surface area contributed by atoms with Gasteiger partial charge in [-0.2, -0.15) is 0 Å². The predicted molar refractivity (Wildman–Crippen MR) is 68.0 cm³/mol. The summed E-state index contributed by atoms with van der Waals surface area (Å²) in [6.07, 6.45) is 5.94. The minimum atomic E-state index is -1.18. The number of carbonyl (C=O) groups excluding carboxylic acids is 1. The Kier molecular flexibility index (Phi) is 3.99. The van der Waals surface area contributed by atoms with Gasteiger partial charge in [-0.3, -0.25) is 4.79 Å². The molecule has 0 aliphatic heterocycles. The zero-order chi connectivity index (χ0) is 13.9. The van der Waals surface area contributed by atoms with Gasteiger partial charge in [-0.05, 0) is 12.8 Å². The number of aromatic nitrogens is 2. The fourth-order valence-electron chi connectivity index (χ4n) is 2.26. The van der Waals surface area contributed by atoms with Crippen LogP contribution >= 0.6 is 11.6 Å². The average molecular weight is 284 g/mol. The van der Waals surface area contributed by atoms with Crippen LogP contribution in [-0.4, -0.2) is 32.5 Å². The molecule has 1 amide bonds. The Morgan fingerprint density at radius 2 is 1.89 bits per heavy atom. The lowest BCUT2D eigenvalue weighted by molar-refractivity contribution is -0.145. The smallest absolute Gasteiger partial charge is 0.329 e. The van der Waals surface area contributed by atoms with E-state index in [-0.39, 0.29) is 10.8 Å². The fourth-order valence-corrected chi connectivity index (χ4v) is 2.36. The van der Waals surface area contributed by atoms with Crippen LogP contribution in [0.15, 0.2) is 12.4 Å². The molecule has 1 aliphatic carbocycles. The van der Waals surface area contributed by atoms with Gasteiger partial charge in [0.05, 0.1) is 12.4 Å². The molecule has 0 bridgehead atoms. The van der Waals surface area contributed by atoms with E-state index in [1.54, 1.807) is 0 Å². The van der Waals surface area contributed by atoms with Gasteiger partial charge in [-0.15, -0.1) is 0 Å². The average Bonchev–Trinajstić information content (AvgIpc) is 2.40. The third-order valence-corrected chi connectivity index (χ3v) is 3.52. The largest absolute Gasteiger partial charge is 0.480 e. The van der Waals surface area contributed by atoms with Crippen LogP contribution in [0.5, 0.6) is 0 Å². The van der Waals surface area contributed by atoms with E-state index in [0.717, 1.165) is 19.3 Å². The van der Waals surface area contributed by atoms with E-state index < -0.39 is 17.4 Å². The Labute approximate surface area is 115 Å². The van der Waals surface area contributed by atoms with Crippen LogP contribution in [0, 0.1) is 0 Å². The molecular weight excluding hydrogens is 270 g/mol. The molecule has 7 heteroatoms. The summed E-state index contributed by atoms with van der Waals surface area (Å²) >= 11 is 5.59. The van der Waals surface area contributed by atoms with E-state index in [2.05, 4.69) is 15.3 Å². The second kappa shape index (κ2) is 5.52. The van der Waals surface area contributed by atoms with Crippen LogP contribution in [0.25, 0.3) is 0 Å². The van der Waals surface area contributed by atoms with Crippen molar-refractivity contribution in [2.75, 3.05) is 0 Å². The summed E-state index contributed by atoms with van der Waals surface area (Å²) in [5.74, 6) is -1.53. The van der Waals surface area contributed by atoms with Crippen molar-refractivity contribution in [2.45, 2.75) is 37.6 Å². The summed E-state index contributed by atoms with van der Waals surface area (Å²) in [7, 11) is 0. The zero-order valence-electron chi connectivity index (χ0n) is 10.2. The van der Waals surface area contributed by atoms with E-state index >= 15 is 0 Å². The van der Waals surface area contributed by atoms with Crippen molar-refractivity contribution in [3.8, 4) is 0 Å². The minimum absolute atomic E-state index is 0.0654. The first kappa shape index (κ1) is 13.7. The third-order valence-electron chi connectivity index (χ3n) is 3.32. The van der Waals surface area contributed by atoms with Gasteiger partial charge in [-0.25, -0.2) is 14.8 Å². The second-order valence-electron chi connectivity index (χ2n) is 4.63. The Bertz CT molecular complexity index is 483. The molecule has 0 spiro atoms. The highest BCUT2D eigenvalue weighted by atomic mass is 35.5. The number of amides is 1. The van der Waals surface area contributed by atoms with E-state index in [9.17, 15) is 14.7 Å². The lowest BCUT2D eigenvalue weighted by atomic mass is 9.81. The van der Waals surface area contributed by atoms with Crippen molar-refractivity contribution in [3.05, 3.63) is 23.2 Å². The first-order valence-electron chi connectivity index (χ1n) is 6.07. The topological polar surface area (TPSA) is 92.2 Å². The van der Waals surface area contributed by atoms with E-state index in [4.69, 9.17) is 11.6 Å². The van der Waals surface area contributed by atoms with Gasteiger partial charge < -0.3 is 10.4 Å². The molecule has 0 radical (unpaired) electrons. The van der Waals surface area contributed by atoms with Crippen molar-refractivity contribution in [2.24, 2.45) is 0 Å². The van der Waals surface area contributed by atoms with Gasteiger partial charge in [0.2, 0.25) is 0 Å². The molecule has 2 rings (SSSR count). The first-order valence-corrected chi connectivity index (χ1v) is 6.45. The predicted octanol–water partition coefficient (Wildman–Crippen LogP) is 1.65. The molecule has 0 unspecified atom stereocenters. The molecule has 1 aliphatic rings. The van der Waals surface area contributed by atoms with E-state index in [0.29, 0.717) is 12.8 Å². The Morgan fingerprint density at radius 3 is 2.42 bits per heavy atom. The van der Waals surface area contributed by atoms with Crippen LogP contribution in [0.3, 0.4) is 0 Å². The molecular formula is C12H14ClN3O3. The molecule has 1 fully saturated rings. The highest BCUT2D eigenvalue weighted by Gasteiger charge is 2.41. The van der Waals surface area contributed by atoms with Crippen molar-refractivity contribution in [3.63, 3.8) is 0 Å². The van der Waals surface area contributed by atoms with Crippen LogP contribution in [0.1, 0.15) is 42.6 Å². The monoisotopic (exact) mass is 283 g/mol. The number of rotatable bonds is 3. The molecule has 1 aromatic rings. The quantitative estimate of drug-likeness (QED) is 0.880. The van der Waals surface area contributed by atoms with Crippen LogP contribution in [0.2, 0.25) is 5.15 Å². The van der Waals surface area contributed by atoms with Crippen LogP contribution < -0.4 is 5.32 Å². The molecule has 0 aromatic carbocycles. The maximum absolute atomic E-state index is 12.0. The van der Waals surface area contributed by atoms with Gasteiger partial charge in [0.25, 0.3) is 5.91 Å². The fraction of sp³-hybridized carbons (Fsp3) is 0.500. The van der Waals surface area contributed by atoms with Gasteiger partial charge in [0.1, 0.15) is 16.4 Å². The SMILES string of the molecule is O=C(NC1(C(=O)O)CCCCC1)c1cnc(Cl)cn1. The highest BCUT2D eigenvalue weighted by Crippen LogP contribution is 2.28. The number of hydrogen-bond donors (Lipinski definition) is 2. The number of nitrogens with one attached hydrogen (secondary N) is 1. The van der Waals surface area contributed by atoms with E-state index in [1.807, 2.05) is 0 Å². The first-order chi connectivity index (χ1) is 9.03. The number of aliphatic carboxylic acids is 1. The third kappa shape index (κ3) is 3.01. The summed E-state index contributed by atoms with van der Waals surface area (Å²) < 4.78 is 0. The van der Waals surface area contributed by atoms with Gasteiger partial charge in [0, 0.05) is 0 Å². The number of hydrogen-bond acceptors (Lipinski definition) is 4. The second-order valence-corrected chi connectivity index (χ2v) is 5.01. The standard InChI is InChI=1S/C12H14ClN3O3/c13-9-7-14-8(6-15-9)10(17)16-12(11(18)19)4-2-1-3-5-12/h6-7H,1-5H2,(H,16,17)(H,18,19). The molecule has 2 N–H and O–H groups in total. The van der Waals surface area contributed by atoms with Crippen molar-refractivity contribution < 1.29 is 14.7 Å². The van der Waals surface area contributed by atoms with Crippen LogP contribution in [0.4, 0.5) is 0 Å². The molecule has 1 heterocycles. The van der Waals surface area contributed by atoms with Crippen molar-refractivity contribution in [1.29, 1.82) is 0 Å². The molecule has 0 atom stereocenters. The summed E-state index contributed by atoms with van der Waals surface area (Å²) in [5, 5.41) is 12.1. The summed E-state index contributed by atoms with van der Waals surface area (Å²) in [4.78, 5) is 31.0. The number of carboxylic acids is 1. The van der Waals surface area contributed by atoms with Crippen molar-refractivity contribution >= 4 is 23.5 Å². The van der Waals surface area contributed by atoms with E-state index in [1.165, 1.54) is 12.4 Å². The summed E-state index contributed by atoms with van der Waals surface area (Å²) in [5.41, 5.74) is -1.12. The lowest BCUT2D eigenvalue weighted by Gasteiger charge is -2.33. The molecule has 102 valence electrons. The summed E-state index contributed by atoms with van der Waals surface area (Å²) in [6, 6.07) is 0. The van der Waals surface area contributed by atoms with Gasteiger partial charge in [-0.1, -0.05) is 30.9 Å². The molecule has 0 saturated heterocycles. The van der Waals surface area contributed by atoms with Gasteiger partial charge in [0.15, 0.2) is 0 Å². The Hall–Kier alpha value is -1.69. The van der Waals surface area contributed by atoms with Crippen molar-refractivity contribution in [1.82, 2.24) is 15.3 Å². The molecule has 6 nitrogen and oxygen atoms in total. The molecule has 1 aromatic heterocycles.